The number of hydrogen-bond donors (Lipinski definition) is 0. The van der Waals surface area contributed by atoms with Crippen LogP contribution in [0.4, 0.5) is 0 Å². The summed E-state index contributed by atoms with van der Waals surface area (Å²) in [5.74, 6) is 0.867. The fraction of sp³-hybridized carbons (Fsp3) is 0.348. The van der Waals surface area contributed by atoms with Crippen molar-refractivity contribution in [3.8, 4) is 16.9 Å². The lowest BCUT2D eigenvalue weighted by Crippen LogP contribution is -2.40. The van der Waals surface area contributed by atoms with E-state index in [1.807, 2.05) is 24.5 Å². The maximum Gasteiger partial charge on any atom is 0.119 e. The Kier molecular flexibility index (Phi) is 4.63. The maximum absolute atomic E-state index is 5.45. The zero-order valence-electron chi connectivity index (χ0n) is 16.2. The van der Waals surface area contributed by atoms with Crippen molar-refractivity contribution in [1.29, 1.82) is 0 Å². The van der Waals surface area contributed by atoms with Crippen LogP contribution in [-0.4, -0.2) is 67.8 Å². The molecule has 1 aromatic heterocycles. The van der Waals surface area contributed by atoms with E-state index in [9.17, 15) is 0 Å². The number of rotatable bonds is 6. The van der Waals surface area contributed by atoms with Crippen LogP contribution in [0.5, 0.6) is 5.75 Å². The predicted octanol–water partition coefficient (Wildman–Crippen LogP) is 3.06. The topological polar surface area (TPSA) is 37.8 Å². The van der Waals surface area contributed by atoms with Crippen molar-refractivity contribution in [1.82, 2.24) is 14.8 Å². The molecule has 144 valence electrons. The summed E-state index contributed by atoms with van der Waals surface area (Å²) in [7, 11) is 1.70. The zero-order valence-corrected chi connectivity index (χ0v) is 16.2. The van der Waals surface area contributed by atoms with Crippen molar-refractivity contribution in [2.24, 2.45) is 0 Å². The van der Waals surface area contributed by atoms with Gasteiger partial charge in [0, 0.05) is 62.0 Å². The first kappa shape index (κ1) is 17.5. The number of hydrogen-bond acceptors (Lipinski definition) is 5. The number of benzene rings is 1. The molecule has 0 atom stereocenters. The Labute approximate surface area is 165 Å². The van der Waals surface area contributed by atoms with Crippen LogP contribution in [0.25, 0.3) is 16.7 Å². The standard InChI is InChI=1S/C23H25N3O2/c1-27-20-4-2-3-17(12-20)18-11-19(15-24-14-18)22-16-26(23-13-21(22)23)6-5-25-7-9-28-10-8-25/h2-4,11-15H,5-10,16H2,1H3. The Balaban J connectivity index is 1.29. The van der Waals surface area contributed by atoms with Gasteiger partial charge in [0.25, 0.3) is 0 Å². The molecule has 2 aromatic rings. The fourth-order valence-corrected chi connectivity index (χ4v) is 4.06. The molecule has 0 N–H and O–H groups in total. The van der Waals surface area contributed by atoms with E-state index in [0.29, 0.717) is 0 Å². The molecule has 0 bridgehead atoms. The lowest BCUT2D eigenvalue weighted by Gasteiger charge is -2.29. The lowest BCUT2D eigenvalue weighted by molar-refractivity contribution is 0.0356. The molecule has 0 amide bonds. The van der Waals surface area contributed by atoms with Gasteiger partial charge in [-0.25, -0.2) is 0 Å². The van der Waals surface area contributed by atoms with E-state index in [2.05, 4.69) is 39.1 Å². The molecule has 0 saturated carbocycles. The maximum atomic E-state index is 5.45. The third-order valence-corrected chi connectivity index (χ3v) is 5.77. The smallest absolute Gasteiger partial charge is 0.119 e. The van der Waals surface area contributed by atoms with E-state index in [-0.39, 0.29) is 0 Å². The van der Waals surface area contributed by atoms with E-state index < -0.39 is 0 Å². The Bertz CT molecular complexity index is 944. The van der Waals surface area contributed by atoms with Gasteiger partial charge in [-0.2, -0.15) is 0 Å². The summed E-state index contributed by atoms with van der Waals surface area (Å²) in [6, 6.07) is 10.4. The van der Waals surface area contributed by atoms with Crippen LogP contribution in [0, 0.1) is 0 Å². The summed E-state index contributed by atoms with van der Waals surface area (Å²) < 4.78 is 10.8. The molecule has 0 unspecified atom stereocenters. The van der Waals surface area contributed by atoms with Crippen molar-refractivity contribution in [3.05, 3.63) is 65.6 Å². The van der Waals surface area contributed by atoms with Gasteiger partial charge >= 0.3 is 0 Å². The quantitative estimate of drug-likeness (QED) is 0.776. The molecule has 3 heterocycles. The first-order valence-electron chi connectivity index (χ1n) is 9.92. The number of morpholine rings is 1. The van der Waals surface area contributed by atoms with Crippen LogP contribution in [0.2, 0.25) is 0 Å². The Morgan fingerprint density at radius 3 is 2.75 bits per heavy atom. The van der Waals surface area contributed by atoms with Gasteiger partial charge in [-0.1, -0.05) is 12.1 Å². The molecule has 1 fully saturated rings. The molecule has 1 aliphatic carbocycles. The normalized spacial score (nSPS) is 18.9. The summed E-state index contributed by atoms with van der Waals surface area (Å²) >= 11 is 0. The summed E-state index contributed by atoms with van der Waals surface area (Å²) in [5.41, 5.74) is 7.69. The molecule has 2 aliphatic heterocycles. The number of nitrogens with zero attached hydrogens (tertiary/aromatic N) is 3. The summed E-state index contributed by atoms with van der Waals surface area (Å²) in [6.07, 6.45) is 6.22. The van der Waals surface area contributed by atoms with E-state index in [1.165, 1.54) is 22.4 Å². The van der Waals surface area contributed by atoms with Crippen LogP contribution < -0.4 is 4.74 Å². The molecule has 5 heteroatoms. The molecular weight excluding hydrogens is 350 g/mol. The van der Waals surface area contributed by atoms with Crippen molar-refractivity contribution in [2.45, 2.75) is 0 Å². The summed E-state index contributed by atoms with van der Waals surface area (Å²) in [5, 5.41) is 0. The average molecular weight is 375 g/mol. The minimum atomic E-state index is 0.861. The van der Waals surface area contributed by atoms with Crippen molar-refractivity contribution < 1.29 is 9.47 Å². The number of pyridine rings is 1. The van der Waals surface area contributed by atoms with Crippen molar-refractivity contribution in [2.75, 3.05) is 53.0 Å². The van der Waals surface area contributed by atoms with Crippen molar-refractivity contribution in [3.63, 3.8) is 0 Å². The molecule has 0 radical (unpaired) electrons. The van der Waals surface area contributed by atoms with Gasteiger partial charge < -0.3 is 14.4 Å². The highest BCUT2D eigenvalue weighted by molar-refractivity contribution is 5.87. The second-order valence-electron chi connectivity index (χ2n) is 7.49. The fourth-order valence-electron chi connectivity index (χ4n) is 4.06. The Morgan fingerprint density at radius 2 is 1.89 bits per heavy atom. The van der Waals surface area contributed by atoms with Gasteiger partial charge in [0.05, 0.1) is 20.3 Å². The molecule has 5 nitrogen and oxygen atoms in total. The van der Waals surface area contributed by atoms with Crippen molar-refractivity contribution >= 4 is 5.57 Å². The SMILES string of the molecule is COc1cccc(-c2cncc(C3=C4C=C4N(CCN4CCOCC4)C3)c2)c1. The first-order valence-corrected chi connectivity index (χ1v) is 9.92. The van der Waals surface area contributed by atoms with Crippen LogP contribution >= 0.6 is 0 Å². The predicted molar refractivity (Wildman–Crippen MR) is 110 cm³/mol. The largest absolute Gasteiger partial charge is 0.497 e. The first-order chi connectivity index (χ1) is 13.8. The third-order valence-electron chi connectivity index (χ3n) is 5.77. The number of allylic oxidation sites excluding steroid dienone is 2. The average Bonchev–Trinajstić information content (AvgIpc) is 3.48. The van der Waals surface area contributed by atoms with E-state index in [0.717, 1.165) is 62.8 Å². The lowest BCUT2D eigenvalue weighted by atomic mass is 10.0. The Hall–Kier alpha value is -2.63. The highest BCUT2D eigenvalue weighted by Gasteiger charge is 2.35. The summed E-state index contributed by atoms with van der Waals surface area (Å²) in [6.45, 7) is 6.97. The third kappa shape index (κ3) is 3.43. The van der Waals surface area contributed by atoms with E-state index in [4.69, 9.17) is 9.47 Å². The highest BCUT2D eigenvalue weighted by Crippen LogP contribution is 2.45. The zero-order chi connectivity index (χ0) is 18.9. The van der Waals surface area contributed by atoms with Gasteiger partial charge in [-0.15, -0.1) is 0 Å². The molecule has 3 aliphatic rings. The summed E-state index contributed by atoms with van der Waals surface area (Å²) in [4.78, 5) is 9.51. The number of ether oxygens (including phenoxy) is 2. The monoisotopic (exact) mass is 375 g/mol. The van der Waals surface area contributed by atoms with Gasteiger partial charge in [0.2, 0.25) is 0 Å². The number of methoxy groups -OCH3 is 1. The minimum Gasteiger partial charge on any atom is -0.497 e. The van der Waals surface area contributed by atoms with Crippen LogP contribution in [0.1, 0.15) is 5.56 Å². The second-order valence-corrected chi connectivity index (χ2v) is 7.49. The molecule has 1 saturated heterocycles. The van der Waals surface area contributed by atoms with E-state index in [1.54, 1.807) is 7.11 Å². The van der Waals surface area contributed by atoms with Gasteiger partial charge in [0.1, 0.15) is 5.75 Å². The molecular formula is C23H25N3O2. The van der Waals surface area contributed by atoms with Crippen LogP contribution in [0.3, 0.4) is 0 Å². The molecule has 0 spiro atoms. The highest BCUT2D eigenvalue weighted by atomic mass is 16.5. The molecule has 5 rings (SSSR count). The molecule has 28 heavy (non-hydrogen) atoms. The number of aromatic nitrogens is 1. The van der Waals surface area contributed by atoms with E-state index >= 15 is 0 Å². The Morgan fingerprint density at radius 1 is 1.04 bits per heavy atom. The van der Waals surface area contributed by atoms with Crippen LogP contribution in [0.15, 0.2) is 60.1 Å². The number of fused-ring (bicyclic) bond motifs is 1. The van der Waals surface area contributed by atoms with Gasteiger partial charge in [-0.3, -0.25) is 9.88 Å². The molecule has 1 aromatic carbocycles. The second kappa shape index (κ2) is 7.41. The van der Waals surface area contributed by atoms with Gasteiger partial charge in [-0.05, 0) is 41.0 Å². The minimum absolute atomic E-state index is 0.861. The van der Waals surface area contributed by atoms with Gasteiger partial charge in [0.15, 0.2) is 0 Å². The van der Waals surface area contributed by atoms with Crippen LogP contribution in [-0.2, 0) is 4.74 Å².